The summed E-state index contributed by atoms with van der Waals surface area (Å²) in [5.74, 6) is 0.613. The van der Waals surface area contributed by atoms with Gasteiger partial charge in [0.15, 0.2) is 5.58 Å². The summed E-state index contributed by atoms with van der Waals surface area (Å²) in [7, 11) is 0. The van der Waals surface area contributed by atoms with Crippen molar-refractivity contribution in [1.29, 1.82) is 0 Å². The molecule has 0 unspecified atom stereocenters. The standard InChI is InChI=1S/C14H12N2O/c1-9-4-2-5-10(8-9)14-16-13-11(15)6-3-7-12(13)17-14/h2-8H,15H2,1H3. The second-order valence-electron chi connectivity index (χ2n) is 4.08. The Morgan fingerprint density at radius 3 is 2.71 bits per heavy atom. The lowest BCUT2D eigenvalue weighted by atomic mass is 10.1. The molecule has 0 spiro atoms. The van der Waals surface area contributed by atoms with Gasteiger partial charge in [0.2, 0.25) is 5.89 Å². The van der Waals surface area contributed by atoms with Crippen LogP contribution in [-0.4, -0.2) is 4.98 Å². The number of benzene rings is 2. The second-order valence-corrected chi connectivity index (χ2v) is 4.08. The van der Waals surface area contributed by atoms with Crippen molar-refractivity contribution in [2.45, 2.75) is 6.92 Å². The van der Waals surface area contributed by atoms with Gasteiger partial charge in [0.1, 0.15) is 5.52 Å². The van der Waals surface area contributed by atoms with E-state index < -0.39 is 0 Å². The molecule has 84 valence electrons. The maximum Gasteiger partial charge on any atom is 0.227 e. The highest BCUT2D eigenvalue weighted by Gasteiger charge is 2.09. The number of aryl methyl sites for hydroxylation is 1. The summed E-state index contributed by atoms with van der Waals surface area (Å²) in [5, 5.41) is 0. The maximum absolute atomic E-state index is 5.86. The Morgan fingerprint density at radius 2 is 1.94 bits per heavy atom. The largest absolute Gasteiger partial charge is 0.436 e. The van der Waals surface area contributed by atoms with Crippen LogP contribution in [0.15, 0.2) is 46.9 Å². The van der Waals surface area contributed by atoms with Crippen LogP contribution in [0.1, 0.15) is 5.56 Å². The van der Waals surface area contributed by atoms with Crippen molar-refractivity contribution in [3.8, 4) is 11.5 Å². The number of oxazole rings is 1. The number of nitrogens with two attached hydrogens (primary N) is 1. The number of rotatable bonds is 1. The molecule has 3 nitrogen and oxygen atoms in total. The van der Waals surface area contributed by atoms with Gasteiger partial charge in [-0.3, -0.25) is 0 Å². The average molecular weight is 224 g/mol. The van der Waals surface area contributed by atoms with E-state index in [1.54, 1.807) is 0 Å². The SMILES string of the molecule is Cc1cccc(-c2nc3c(N)cccc3o2)c1. The monoisotopic (exact) mass is 224 g/mol. The van der Waals surface area contributed by atoms with Crippen LogP contribution >= 0.6 is 0 Å². The second kappa shape index (κ2) is 3.63. The molecular formula is C14H12N2O. The summed E-state index contributed by atoms with van der Waals surface area (Å²) in [6.07, 6.45) is 0. The van der Waals surface area contributed by atoms with Gasteiger partial charge in [-0.05, 0) is 31.2 Å². The third kappa shape index (κ3) is 1.65. The van der Waals surface area contributed by atoms with Crippen LogP contribution in [-0.2, 0) is 0 Å². The van der Waals surface area contributed by atoms with E-state index in [0.29, 0.717) is 11.6 Å². The fraction of sp³-hybridized carbons (Fsp3) is 0.0714. The molecule has 3 rings (SSSR count). The lowest BCUT2D eigenvalue weighted by molar-refractivity contribution is 0.620. The molecule has 0 fully saturated rings. The van der Waals surface area contributed by atoms with E-state index in [1.165, 1.54) is 5.56 Å². The highest BCUT2D eigenvalue weighted by Crippen LogP contribution is 2.27. The molecule has 1 aromatic heterocycles. The van der Waals surface area contributed by atoms with Gasteiger partial charge in [0, 0.05) is 5.56 Å². The van der Waals surface area contributed by atoms with Gasteiger partial charge < -0.3 is 10.2 Å². The molecule has 17 heavy (non-hydrogen) atoms. The molecule has 3 heteroatoms. The Morgan fingerprint density at radius 1 is 1.12 bits per heavy atom. The van der Waals surface area contributed by atoms with Gasteiger partial charge in [-0.15, -0.1) is 0 Å². The molecular weight excluding hydrogens is 212 g/mol. The zero-order valence-corrected chi connectivity index (χ0v) is 9.47. The van der Waals surface area contributed by atoms with Crippen LogP contribution in [0, 0.1) is 6.92 Å². The van der Waals surface area contributed by atoms with Gasteiger partial charge in [-0.25, -0.2) is 4.98 Å². The first-order chi connectivity index (χ1) is 8.24. The van der Waals surface area contributed by atoms with Crippen molar-refractivity contribution in [2.75, 3.05) is 5.73 Å². The van der Waals surface area contributed by atoms with E-state index in [1.807, 2.05) is 49.4 Å². The summed E-state index contributed by atoms with van der Waals surface area (Å²) in [4.78, 5) is 4.43. The molecule has 0 atom stereocenters. The van der Waals surface area contributed by atoms with Crippen molar-refractivity contribution in [3.05, 3.63) is 48.0 Å². The van der Waals surface area contributed by atoms with Gasteiger partial charge in [0.05, 0.1) is 5.69 Å². The number of anilines is 1. The highest BCUT2D eigenvalue weighted by molar-refractivity contribution is 5.87. The quantitative estimate of drug-likeness (QED) is 0.644. The van der Waals surface area contributed by atoms with Crippen LogP contribution in [0.4, 0.5) is 5.69 Å². The normalized spacial score (nSPS) is 10.9. The van der Waals surface area contributed by atoms with E-state index >= 15 is 0 Å². The average Bonchev–Trinajstić information content (AvgIpc) is 2.74. The van der Waals surface area contributed by atoms with Crippen LogP contribution in [0.2, 0.25) is 0 Å². The molecule has 1 heterocycles. The van der Waals surface area contributed by atoms with Crippen LogP contribution in [0.3, 0.4) is 0 Å². The summed E-state index contributed by atoms with van der Waals surface area (Å²) >= 11 is 0. The van der Waals surface area contributed by atoms with Crippen LogP contribution in [0.5, 0.6) is 0 Å². The minimum Gasteiger partial charge on any atom is -0.436 e. The van der Waals surface area contributed by atoms with Crippen molar-refractivity contribution in [1.82, 2.24) is 4.98 Å². The predicted octanol–water partition coefficient (Wildman–Crippen LogP) is 3.39. The Labute approximate surface area is 98.9 Å². The topological polar surface area (TPSA) is 52.0 Å². The molecule has 0 aliphatic carbocycles. The van der Waals surface area contributed by atoms with E-state index in [-0.39, 0.29) is 0 Å². The van der Waals surface area contributed by atoms with E-state index in [4.69, 9.17) is 10.2 Å². The number of fused-ring (bicyclic) bond motifs is 1. The van der Waals surface area contributed by atoms with Gasteiger partial charge in [-0.1, -0.05) is 23.8 Å². The number of nitrogen functional groups attached to an aromatic ring is 1. The summed E-state index contributed by atoms with van der Waals surface area (Å²) < 4.78 is 5.70. The first-order valence-corrected chi connectivity index (χ1v) is 5.46. The fourth-order valence-corrected chi connectivity index (χ4v) is 1.87. The molecule has 0 saturated carbocycles. The highest BCUT2D eigenvalue weighted by atomic mass is 16.3. The number of hydrogen-bond donors (Lipinski definition) is 1. The Hall–Kier alpha value is -2.29. The molecule has 0 amide bonds. The summed E-state index contributed by atoms with van der Waals surface area (Å²) in [5.41, 5.74) is 10.1. The maximum atomic E-state index is 5.86. The van der Waals surface area contributed by atoms with Gasteiger partial charge >= 0.3 is 0 Å². The van der Waals surface area contributed by atoms with Gasteiger partial charge in [-0.2, -0.15) is 0 Å². The third-order valence-corrected chi connectivity index (χ3v) is 2.72. The van der Waals surface area contributed by atoms with Crippen LogP contribution < -0.4 is 5.73 Å². The number of hydrogen-bond acceptors (Lipinski definition) is 3. The van der Waals surface area contributed by atoms with E-state index in [9.17, 15) is 0 Å². The molecule has 0 bridgehead atoms. The van der Waals surface area contributed by atoms with Crippen LogP contribution in [0.25, 0.3) is 22.6 Å². The van der Waals surface area contributed by atoms with Crippen molar-refractivity contribution < 1.29 is 4.42 Å². The minimum absolute atomic E-state index is 0.613. The number of aromatic nitrogens is 1. The molecule has 0 aliphatic rings. The molecule has 3 aromatic rings. The Bertz CT molecular complexity index is 686. The first kappa shape index (κ1) is 9.90. The zero-order chi connectivity index (χ0) is 11.8. The molecule has 2 N–H and O–H groups in total. The van der Waals surface area contributed by atoms with E-state index in [0.717, 1.165) is 16.7 Å². The molecule has 0 radical (unpaired) electrons. The number of para-hydroxylation sites is 1. The molecule has 0 saturated heterocycles. The zero-order valence-electron chi connectivity index (χ0n) is 9.47. The number of nitrogens with zero attached hydrogens (tertiary/aromatic N) is 1. The third-order valence-electron chi connectivity index (χ3n) is 2.72. The fourth-order valence-electron chi connectivity index (χ4n) is 1.87. The smallest absolute Gasteiger partial charge is 0.227 e. The molecule has 0 aliphatic heterocycles. The summed E-state index contributed by atoms with van der Waals surface area (Å²) in [6, 6.07) is 13.6. The molecule has 2 aromatic carbocycles. The van der Waals surface area contributed by atoms with Crippen molar-refractivity contribution in [2.24, 2.45) is 0 Å². The Balaban J connectivity index is 2.22. The minimum atomic E-state index is 0.613. The van der Waals surface area contributed by atoms with E-state index in [2.05, 4.69) is 4.98 Å². The van der Waals surface area contributed by atoms with Gasteiger partial charge in [0.25, 0.3) is 0 Å². The lowest BCUT2D eigenvalue weighted by Gasteiger charge is -1.95. The predicted molar refractivity (Wildman–Crippen MR) is 68.6 cm³/mol. The Kier molecular flexibility index (Phi) is 2.11. The first-order valence-electron chi connectivity index (χ1n) is 5.46. The summed E-state index contributed by atoms with van der Waals surface area (Å²) in [6.45, 7) is 2.04. The van der Waals surface area contributed by atoms with Crippen molar-refractivity contribution in [3.63, 3.8) is 0 Å². The lowest BCUT2D eigenvalue weighted by Crippen LogP contribution is -1.85. The van der Waals surface area contributed by atoms with Crippen molar-refractivity contribution >= 4 is 16.8 Å².